The third-order valence-electron chi connectivity index (χ3n) is 8.69. The molecule has 0 bridgehead atoms. The van der Waals surface area contributed by atoms with Gasteiger partial charge >= 0.3 is 0 Å². The minimum Gasteiger partial charge on any atom is -0.378 e. The molecule has 0 aromatic heterocycles. The van der Waals surface area contributed by atoms with Crippen LogP contribution in [-0.4, -0.2) is 158 Å². The molecule has 3 aliphatic rings. The number of morpholine rings is 2. The first-order valence-electron chi connectivity index (χ1n) is 17.7. The molecule has 268 valence electrons. The summed E-state index contributed by atoms with van der Waals surface area (Å²) in [6.45, 7) is 16.7. The number of ether oxygens (including phenoxy) is 8. The van der Waals surface area contributed by atoms with E-state index >= 15 is 0 Å². The van der Waals surface area contributed by atoms with Crippen molar-refractivity contribution in [2.75, 3.05) is 178 Å². The molecule has 3 aliphatic heterocycles. The molecular weight excluding hydrogens is 616 g/mol. The molecule has 0 amide bonds. The van der Waals surface area contributed by atoms with E-state index in [1.165, 1.54) is 11.4 Å². The highest BCUT2D eigenvalue weighted by Crippen LogP contribution is 2.23. The molecule has 0 unspecified atom stereocenters. The van der Waals surface area contributed by atoms with Crippen LogP contribution >= 0.6 is 0 Å². The van der Waals surface area contributed by atoms with Crippen molar-refractivity contribution in [2.45, 2.75) is 0 Å². The van der Waals surface area contributed by atoms with E-state index in [0.717, 1.165) is 90.2 Å². The predicted molar refractivity (Wildman–Crippen MR) is 188 cm³/mol. The van der Waals surface area contributed by atoms with Crippen LogP contribution in [0.2, 0.25) is 0 Å². The number of hydrogen-bond donors (Lipinski definition) is 0. The zero-order valence-corrected chi connectivity index (χ0v) is 28.6. The van der Waals surface area contributed by atoms with Crippen molar-refractivity contribution >= 4 is 22.7 Å². The predicted octanol–water partition coefficient (Wildman–Crippen LogP) is 2.79. The summed E-state index contributed by atoms with van der Waals surface area (Å²) >= 11 is 0. The molecular formula is C36H56N4O8. The maximum atomic E-state index is 5.93. The Morgan fingerprint density at radius 1 is 0.229 bits per heavy atom. The Morgan fingerprint density at radius 2 is 0.375 bits per heavy atom. The minimum absolute atomic E-state index is 0.541. The van der Waals surface area contributed by atoms with Gasteiger partial charge in [-0.25, -0.2) is 0 Å². The molecule has 3 saturated heterocycles. The molecule has 12 nitrogen and oxygen atoms in total. The second kappa shape index (κ2) is 22.1. The highest BCUT2D eigenvalue weighted by Gasteiger charge is 2.14. The topological polar surface area (TPSA) is 86.8 Å². The molecule has 48 heavy (non-hydrogen) atoms. The Kier molecular flexibility index (Phi) is 16.9. The van der Waals surface area contributed by atoms with Crippen molar-refractivity contribution in [3.63, 3.8) is 0 Å². The van der Waals surface area contributed by atoms with Crippen molar-refractivity contribution in [1.82, 2.24) is 0 Å². The fourth-order valence-electron chi connectivity index (χ4n) is 5.91. The highest BCUT2D eigenvalue weighted by molar-refractivity contribution is 5.57. The van der Waals surface area contributed by atoms with E-state index in [9.17, 15) is 0 Å². The van der Waals surface area contributed by atoms with Gasteiger partial charge in [-0.15, -0.1) is 0 Å². The molecule has 5 rings (SSSR count). The molecule has 2 aromatic carbocycles. The largest absolute Gasteiger partial charge is 0.378 e. The molecule has 12 heteroatoms. The Hall–Kier alpha value is -2.68. The fraction of sp³-hybridized carbons (Fsp3) is 0.667. The molecule has 0 spiro atoms. The summed E-state index contributed by atoms with van der Waals surface area (Å²) in [5.74, 6) is 0. The first kappa shape index (κ1) is 36.6. The number of hydrogen-bond acceptors (Lipinski definition) is 12. The average Bonchev–Trinajstić information content (AvgIpc) is 3.14. The highest BCUT2D eigenvalue weighted by atomic mass is 16.5. The van der Waals surface area contributed by atoms with Crippen molar-refractivity contribution in [3.8, 4) is 0 Å². The van der Waals surface area contributed by atoms with Crippen LogP contribution in [0.3, 0.4) is 0 Å². The van der Waals surface area contributed by atoms with Crippen molar-refractivity contribution in [2.24, 2.45) is 0 Å². The van der Waals surface area contributed by atoms with Crippen LogP contribution < -0.4 is 19.6 Å². The smallest absolute Gasteiger partial charge is 0.0701 e. The third-order valence-corrected chi connectivity index (χ3v) is 8.69. The Labute approximate surface area is 286 Å². The molecule has 2 aromatic rings. The lowest BCUT2D eigenvalue weighted by atomic mass is 10.2. The normalized spacial score (nSPS) is 21.8. The first-order chi connectivity index (χ1) is 23.9. The first-order valence-corrected chi connectivity index (χ1v) is 17.7. The molecule has 0 aliphatic carbocycles. The molecule has 0 radical (unpaired) electrons. The SMILES string of the molecule is c1cc(N2CCOCC2)ccc1N1CCOCCOCCOCCN(c2ccc(N3CCOCC3)cc2)CCOCCOCCOCC1. The summed E-state index contributed by atoms with van der Waals surface area (Å²) in [7, 11) is 0. The van der Waals surface area contributed by atoms with E-state index in [1.54, 1.807) is 0 Å². The van der Waals surface area contributed by atoms with Gasteiger partial charge in [0.2, 0.25) is 0 Å². The molecule has 0 saturated carbocycles. The van der Waals surface area contributed by atoms with E-state index in [4.69, 9.17) is 37.9 Å². The zero-order valence-electron chi connectivity index (χ0n) is 28.6. The summed E-state index contributed by atoms with van der Waals surface area (Å²) in [5, 5.41) is 0. The number of nitrogens with zero attached hydrogens (tertiary/aromatic N) is 4. The lowest BCUT2D eigenvalue weighted by Crippen LogP contribution is -2.36. The second-order valence-electron chi connectivity index (χ2n) is 11.9. The Bertz CT molecular complexity index is 989. The Morgan fingerprint density at radius 3 is 0.562 bits per heavy atom. The van der Waals surface area contributed by atoms with Crippen molar-refractivity contribution in [1.29, 1.82) is 0 Å². The third kappa shape index (κ3) is 13.0. The van der Waals surface area contributed by atoms with Crippen LogP contribution in [0, 0.1) is 0 Å². The van der Waals surface area contributed by atoms with Gasteiger partial charge in [0, 0.05) is 75.1 Å². The van der Waals surface area contributed by atoms with Crippen molar-refractivity contribution < 1.29 is 37.9 Å². The zero-order chi connectivity index (χ0) is 32.9. The van der Waals surface area contributed by atoms with Gasteiger partial charge in [-0.2, -0.15) is 0 Å². The lowest BCUT2D eigenvalue weighted by Gasteiger charge is -2.30. The molecule has 0 N–H and O–H groups in total. The fourth-order valence-corrected chi connectivity index (χ4v) is 5.91. The monoisotopic (exact) mass is 672 g/mol. The summed E-state index contributed by atoms with van der Waals surface area (Å²) in [5.41, 5.74) is 4.78. The van der Waals surface area contributed by atoms with Gasteiger partial charge in [0.05, 0.1) is 106 Å². The van der Waals surface area contributed by atoms with Gasteiger partial charge in [0.15, 0.2) is 0 Å². The van der Waals surface area contributed by atoms with Crippen LogP contribution in [0.15, 0.2) is 48.5 Å². The second-order valence-corrected chi connectivity index (χ2v) is 11.9. The lowest BCUT2D eigenvalue weighted by molar-refractivity contribution is 0.0126. The van der Waals surface area contributed by atoms with E-state index in [1.807, 2.05) is 0 Å². The van der Waals surface area contributed by atoms with Gasteiger partial charge < -0.3 is 57.5 Å². The van der Waals surface area contributed by atoms with E-state index in [2.05, 4.69) is 68.1 Å². The van der Waals surface area contributed by atoms with Gasteiger partial charge in [0.25, 0.3) is 0 Å². The molecule has 3 fully saturated rings. The molecule has 3 heterocycles. The summed E-state index contributed by atoms with van der Waals surface area (Å²) in [6, 6.07) is 17.5. The summed E-state index contributed by atoms with van der Waals surface area (Å²) < 4.78 is 46.3. The van der Waals surface area contributed by atoms with Crippen LogP contribution in [0.4, 0.5) is 22.7 Å². The number of anilines is 4. The maximum Gasteiger partial charge on any atom is 0.0701 e. The van der Waals surface area contributed by atoms with E-state index in [0.29, 0.717) is 79.3 Å². The van der Waals surface area contributed by atoms with Crippen molar-refractivity contribution in [3.05, 3.63) is 48.5 Å². The molecule has 0 atom stereocenters. The van der Waals surface area contributed by atoms with Gasteiger partial charge in [-0.3, -0.25) is 0 Å². The maximum absolute atomic E-state index is 5.93. The van der Waals surface area contributed by atoms with Gasteiger partial charge in [0.1, 0.15) is 0 Å². The Balaban J connectivity index is 1.06. The van der Waals surface area contributed by atoms with E-state index < -0.39 is 0 Å². The average molecular weight is 673 g/mol. The minimum atomic E-state index is 0.541. The standard InChI is InChI=1S/C36H56N4O8/c1-5-35(6-2-33(1)37-9-17-41-18-10-37)39-13-21-43-25-29-47-31-27-45-23-15-40(16-24-46-28-32-48-30-26-44-22-14-39)36-7-3-34(4-8-36)38-11-19-42-20-12-38/h1-8H,9-32H2. The van der Waals surface area contributed by atoms with E-state index in [-0.39, 0.29) is 0 Å². The number of benzene rings is 2. The van der Waals surface area contributed by atoms with Crippen LogP contribution in [0.25, 0.3) is 0 Å². The van der Waals surface area contributed by atoms with Crippen LogP contribution in [0.1, 0.15) is 0 Å². The summed E-state index contributed by atoms with van der Waals surface area (Å²) in [4.78, 5) is 9.36. The van der Waals surface area contributed by atoms with Gasteiger partial charge in [-0.1, -0.05) is 0 Å². The van der Waals surface area contributed by atoms with Gasteiger partial charge in [-0.05, 0) is 48.5 Å². The number of rotatable bonds is 4. The summed E-state index contributed by atoms with van der Waals surface area (Å²) in [6.07, 6.45) is 0. The quantitative estimate of drug-likeness (QED) is 0.479. The van der Waals surface area contributed by atoms with Crippen LogP contribution in [0.5, 0.6) is 0 Å². The van der Waals surface area contributed by atoms with Crippen LogP contribution in [-0.2, 0) is 37.9 Å².